The first kappa shape index (κ1) is 17.8. The molecular formula is C19H18N4O2S. The molecule has 0 radical (unpaired) electrons. The second-order valence-corrected chi connectivity index (χ2v) is 6.27. The number of esters is 1. The summed E-state index contributed by atoms with van der Waals surface area (Å²) in [6.45, 7) is 3.94. The van der Waals surface area contributed by atoms with Crippen molar-refractivity contribution < 1.29 is 9.53 Å². The molecule has 0 aliphatic carbocycles. The van der Waals surface area contributed by atoms with E-state index in [0.29, 0.717) is 11.4 Å². The number of aromatic nitrogens is 2. The third-order valence-corrected chi connectivity index (χ3v) is 4.37. The Morgan fingerprint density at radius 2 is 1.77 bits per heavy atom. The average molecular weight is 366 g/mol. The van der Waals surface area contributed by atoms with Crippen LogP contribution in [0, 0.1) is 0 Å². The molecule has 0 atom stereocenters. The number of hydrogen-bond acceptors (Lipinski definition) is 6. The van der Waals surface area contributed by atoms with Crippen LogP contribution in [0.1, 0.15) is 29.2 Å². The number of para-hydroxylation sites is 1. The molecule has 0 saturated carbocycles. The summed E-state index contributed by atoms with van der Waals surface area (Å²) in [5, 5.41) is 13.2. The topological polar surface area (TPSA) is 68.8 Å². The summed E-state index contributed by atoms with van der Waals surface area (Å²) >= 11 is 1.14. The van der Waals surface area contributed by atoms with Crippen LogP contribution in [0.3, 0.4) is 0 Å². The number of ether oxygens (including phenoxy) is 1. The molecule has 1 heterocycles. The van der Waals surface area contributed by atoms with Crippen LogP contribution >= 0.6 is 11.3 Å². The van der Waals surface area contributed by atoms with Crippen molar-refractivity contribution in [1.29, 1.82) is 0 Å². The molecule has 0 fully saturated rings. The molecule has 0 bridgehead atoms. The lowest BCUT2D eigenvalue weighted by atomic mass is 10.1. The molecule has 26 heavy (non-hydrogen) atoms. The number of carbonyl (C=O) groups is 1. The lowest BCUT2D eigenvalue weighted by Gasteiger charge is -2.00. The highest BCUT2D eigenvalue weighted by Crippen LogP contribution is 2.09. The number of rotatable bonds is 5. The highest BCUT2D eigenvalue weighted by Gasteiger charge is 2.15. The van der Waals surface area contributed by atoms with Gasteiger partial charge in [0.25, 0.3) is 0 Å². The van der Waals surface area contributed by atoms with E-state index in [1.165, 1.54) is 0 Å². The van der Waals surface area contributed by atoms with Crippen molar-refractivity contribution in [2.24, 2.45) is 10.2 Å². The zero-order valence-corrected chi connectivity index (χ0v) is 15.3. The van der Waals surface area contributed by atoms with Crippen LogP contribution < -0.4 is 4.80 Å². The summed E-state index contributed by atoms with van der Waals surface area (Å²) in [4.78, 5) is 12.5. The maximum Gasteiger partial charge on any atom is 0.369 e. The lowest BCUT2D eigenvalue weighted by molar-refractivity contribution is 0.0524. The van der Waals surface area contributed by atoms with Gasteiger partial charge in [-0.1, -0.05) is 59.9 Å². The van der Waals surface area contributed by atoms with E-state index in [4.69, 9.17) is 4.74 Å². The van der Waals surface area contributed by atoms with Gasteiger partial charge >= 0.3 is 5.97 Å². The van der Waals surface area contributed by atoms with E-state index >= 15 is 0 Å². The molecule has 7 heteroatoms. The molecule has 3 aromatic rings. The van der Waals surface area contributed by atoms with Crippen molar-refractivity contribution in [3.63, 3.8) is 0 Å². The fourth-order valence-corrected chi connectivity index (χ4v) is 2.97. The van der Waals surface area contributed by atoms with Crippen LogP contribution in [0.15, 0.2) is 70.9 Å². The summed E-state index contributed by atoms with van der Waals surface area (Å²) in [6.07, 6.45) is 0. The van der Waals surface area contributed by atoms with Crippen LogP contribution in [0.2, 0.25) is 0 Å². The summed E-state index contributed by atoms with van der Waals surface area (Å²) < 4.78 is 6.64. The van der Waals surface area contributed by atoms with Gasteiger partial charge in [-0.15, -0.1) is 10.2 Å². The molecule has 2 aromatic carbocycles. The van der Waals surface area contributed by atoms with Crippen LogP contribution in [-0.2, 0) is 4.74 Å². The van der Waals surface area contributed by atoms with Crippen LogP contribution in [0.5, 0.6) is 0 Å². The quantitative estimate of drug-likeness (QED) is 0.395. The minimum atomic E-state index is -0.465. The number of hydrogen-bond donors (Lipinski definition) is 0. The molecule has 0 aliphatic heterocycles. The van der Waals surface area contributed by atoms with Crippen LogP contribution in [0.4, 0.5) is 0 Å². The second-order valence-electron chi connectivity index (χ2n) is 5.31. The minimum Gasteiger partial charge on any atom is -0.461 e. The lowest BCUT2D eigenvalue weighted by Crippen LogP contribution is -2.14. The Bertz CT molecular complexity index is 976. The smallest absolute Gasteiger partial charge is 0.369 e. The molecule has 0 aliphatic rings. The number of nitrogens with zero attached hydrogens (tertiary/aromatic N) is 4. The highest BCUT2D eigenvalue weighted by molar-refractivity contribution is 7.10. The Hall–Kier alpha value is -3.06. The van der Waals surface area contributed by atoms with E-state index < -0.39 is 5.97 Å². The predicted octanol–water partition coefficient (Wildman–Crippen LogP) is 3.44. The molecule has 0 amide bonds. The Labute approximate surface area is 155 Å². The first-order chi connectivity index (χ1) is 12.7. The molecule has 6 nitrogen and oxygen atoms in total. The van der Waals surface area contributed by atoms with E-state index in [2.05, 4.69) is 15.3 Å². The van der Waals surface area contributed by atoms with Gasteiger partial charge < -0.3 is 4.74 Å². The van der Waals surface area contributed by atoms with E-state index in [0.717, 1.165) is 28.3 Å². The molecule has 0 unspecified atom stereocenters. The van der Waals surface area contributed by atoms with Gasteiger partial charge in [-0.05, 0) is 31.5 Å². The summed E-state index contributed by atoms with van der Waals surface area (Å²) in [5.41, 5.74) is 2.56. The van der Waals surface area contributed by atoms with Gasteiger partial charge in [-0.3, -0.25) is 0 Å². The largest absolute Gasteiger partial charge is 0.461 e. The normalized spacial score (nSPS) is 12.2. The van der Waals surface area contributed by atoms with Gasteiger partial charge in [0.15, 0.2) is 0 Å². The standard InChI is InChI=1S/C19H18N4O2S/c1-3-25-18(24)17-22-23(16-12-8-5-9-13-16)19(26-17)21-20-14(2)15-10-6-4-7-11-15/h4-13H,3H2,1-2H3/b20-14+,21-19+. The fourth-order valence-electron chi connectivity index (χ4n) is 2.21. The van der Waals surface area contributed by atoms with Crippen molar-refractivity contribution >= 4 is 23.0 Å². The average Bonchev–Trinajstić information content (AvgIpc) is 3.12. The summed E-state index contributed by atoms with van der Waals surface area (Å²) in [7, 11) is 0. The highest BCUT2D eigenvalue weighted by atomic mass is 32.1. The number of benzene rings is 2. The Morgan fingerprint density at radius 3 is 2.42 bits per heavy atom. The molecule has 3 rings (SSSR count). The summed E-state index contributed by atoms with van der Waals surface area (Å²) in [6, 6.07) is 19.3. The Balaban J connectivity index is 2.06. The number of carbonyl (C=O) groups excluding carboxylic acids is 1. The predicted molar refractivity (Wildman–Crippen MR) is 102 cm³/mol. The molecule has 1 aromatic heterocycles. The van der Waals surface area contributed by atoms with E-state index in [9.17, 15) is 4.79 Å². The monoisotopic (exact) mass is 366 g/mol. The zero-order valence-electron chi connectivity index (χ0n) is 14.5. The van der Waals surface area contributed by atoms with Crippen molar-refractivity contribution in [3.05, 3.63) is 76.0 Å². The second kappa shape index (κ2) is 8.35. The third kappa shape index (κ3) is 4.12. The van der Waals surface area contributed by atoms with Gasteiger partial charge in [0.2, 0.25) is 9.81 Å². The van der Waals surface area contributed by atoms with Crippen LogP contribution in [-0.4, -0.2) is 28.1 Å². The first-order valence-electron chi connectivity index (χ1n) is 8.15. The summed E-state index contributed by atoms with van der Waals surface area (Å²) in [5.74, 6) is -0.465. The van der Waals surface area contributed by atoms with Gasteiger partial charge in [-0.2, -0.15) is 5.10 Å². The van der Waals surface area contributed by atoms with Gasteiger partial charge in [-0.25, -0.2) is 9.48 Å². The maximum atomic E-state index is 12.0. The fraction of sp³-hybridized carbons (Fsp3) is 0.158. The van der Waals surface area contributed by atoms with Crippen molar-refractivity contribution in [1.82, 2.24) is 9.78 Å². The van der Waals surface area contributed by atoms with Gasteiger partial charge in [0.05, 0.1) is 18.0 Å². The van der Waals surface area contributed by atoms with Crippen LogP contribution in [0.25, 0.3) is 5.69 Å². The Kier molecular flexibility index (Phi) is 5.70. The first-order valence-corrected chi connectivity index (χ1v) is 8.97. The molecule has 0 spiro atoms. The van der Waals surface area contributed by atoms with Gasteiger partial charge in [0, 0.05) is 0 Å². The van der Waals surface area contributed by atoms with Crippen molar-refractivity contribution in [2.75, 3.05) is 6.61 Å². The van der Waals surface area contributed by atoms with E-state index in [1.807, 2.05) is 67.6 Å². The molecular weight excluding hydrogens is 348 g/mol. The van der Waals surface area contributed by atoms with E-state index in [1.54, 1.807) is 11.6 Å². The van der Waals surface area contributed by atoms with Gasteiger partial charge in [0.1, 0.15) is 0 Å². The zero-order chi connectivity index (χ0) is 18.4. The SMILES string of the molecule is CCOC(=O)c1nn(-c2ccccc2)/c(=N\N=C(/C)c2ccccc2)s1. The van der Waals surface area contributed by atoms with Crippen molar-refractivity contribution in [2.45, 2.75) is 13.8 Å². The molecule has 132 valence electrons. The molecule has 0 saturated heterocycles. The molecule has 0 N–H and O–H groups in total. The third-order valence-electron chi connectivity index (χ3n) is 3.49. The van der Waals surface area contributed by atoms with Crippen molar-refractivity contribution in [3.8, 4) is 5.69 Å². The van der Waals surface area contributed by atoms with E-state index in [-0.39, 0.29) is 5.01 Å². The minimum absolute atomic E-state index is 0.238. The Morgan fingerprint density at radius 1 is 1.12 bits per heavy atom. The maximum absolute atomic E-state index is 12.0.